The first-order valence-corrected chi connectivity index (χ1v) is 13.8. The Balaban J connectivity index is 0.00000274. The number of hydrogen-bond acceptors (Lipinski definition) is 8. The number of aromatic nitrogens is 2. The number of anilines is 2. The largest absolute Gasteiger partial charge is 0.375 e. The molecule has 2 N–H and O–H groups in total. The smallest absolute Gasteiger partial charge is 0.264 e. The molecule has 1 aliphatic rings. The molecule has 11 heteroatoms. The van der Waals surface area contributed by atoms with Gasteiger partial charge in [-0.15, -0.1) is 12.4 Å². The highest BCUT2D eigenvalue weighted by Crippen LogP contribution is 2.45. The minimum Gasteiger partial charge on any atom is -0.375 e. The molecule has 0 unspecified atom stereocenters. The summed E-state index contributed by atoms with van der Waals surface area (Å²) in [5.41, 5.74) is 4.52. The number of sulfonamides is 1. The van der Waals surface area contributed by atoms with Crippen molar-refractivity contribution < 1.29 is 8.42 Å². The van der Waals surface area contributed by atoms with Gasteiger partial charge >= 0.3 is 0 Å². The van der Waals surface area contributed by atoms with Crippen molar-refractivity contribution in [2.75, 3.05) is 10.0 Å². The van der Waals surface area contributed by atoms with Crippen LogP contribution in [0.5, 0.6) is 0 Å². The number of aryl methyl sites for hydroxylation is 1. The van der Waals surface area contributed by atoms with Gasteiger partial charge in [-0.3, -0.25) is 0 Å². The molecule has 5 rings (SSSR count). The summed E-state index contributed by atoms with van der Waals surface area (Å²) >= 11 is 0. The van der Waals surface area contributed by atoms with Crippen LogP contribution in [0.3, 0.4) is 0 Å². The Bertz CT molecular complexity index is 1530. The zero-order valence-corrected chi connectivity index (χ0v) is 21.8. The molecule has 0 aliphatic carbocycles. The van der Waals surface area contributed by atoms with Gasteiger partial charge in [-0.2, -0.15) is 0 Å². The van der Waals surface area contributed by atoms with Crippen LogP contribution in [-0.2, 0) is 15.6 Å². The molecule has 0 radical (unpaired) electrons. The number of benzene rings is 2. The van der Waals surface area contributed by atoms with Crippen molar-refractivity contribution >= 4 is 60.4 Å². The Kier molecular flexibility index (Phi) is 6.52. The minimum atomic E-state index is -3.80. The molecule has 3 heterocycles. The predicted molar refractivity (Wildman–Crippen MR) is 141 cm³/mol. The Morgan fingerprint density at radius 3 is 2.50 bits per heavy atom. The number of fused-ring (bicyclic) bond motifs is 3. The molecular formula is C23H22ClN5O2S3. The van der Waals surface area contributed by atoms with E-state index in [4.69, 9.17) is 4.99 Å². The zero-order valence-electron chi connectivity index (χ0n) is 18.6. The summed E-state index contributed by atoms with van der Waals surface area (Å²) < 4.78 is 28.8. The van der Waals surface area contributed by atoms with E-state index in [0.29, 0.717) is 11.4 Å². The number of nitrogens with one attached hydrogen (secondary N) is 2. The van der Waals surface area contributed by atoms with E-state index in [-0.39, 0.29) is 28.8 Å². The lowest BCUT2D eigenvalue weighted by Gasteiger charge is -2.33. The molecule has 2 aromatic carbocycles. The summed E-state index contributed by atoms with van der Waals surface area (Å²) in [6.45, 7) is 6.11. The van der Waals surface area contributed by atoms with E-state index < -0.39 is 10.0 Å². The van der Waals surface area contributed by atoms with Gasteiger partial charge in [0.05, 0.1) is 21.0 Å². The maximum Gasteiger partial charge on any atom is 0.264 e. The molecule has 7 nitrogen and oxygen atoms in total. The maximum absolute atomic E-state index is 12.7. The van der Waals surface area contributed by atoms with Crippen molar-refractivity contribution in [2.24, 2.45) is 4.99 Å². The third-order valence-corrected chi connectivity index (χ3v) is 9.24. The number of nitrogens with zero attached hydrogens (tertiary/aromatic N) is 3. The molecule has 0 bridgehead atoms. The number of rotatable bonds is 4. The van der Waals surface area contributed by atoms with E-state index in [1.54, 1.807) is 57.9 Å². The second kappa shape index (κ2) is 9.10. The number of halogens is 1. The number of hydrogen-bond donors (Lipinski definition) is 2. The van der Waals surface area contributed by atoms with Crippen LogP contribution in [0.2, 0.25) is 0 Å². The van der Waals surface area contributed by atoms with Gasteiger partial charge in [0, 0.05) is 28.7 Å². The van der Waals surface area contributed by atoms with Crippen LogP contribution in [0.15, 0.2) is 70.7 Å². The lowest BCUT2D eigenvalue weighted by atomic mass is 9.90. The molecular weight excluding hydrogens is 510 g/mol. The molecule has 176 valence electrons. The average Bonchev–Trinajstić information content (AvgIpc) is 3.19. The maximum atomic E-state index is 12.7. The lowest BCUT2D eigenvalue weighted by Crippen LogP contribution is -2.31. The monoisotopic (exact) mass is 531 g/mol. The Morgan fingerprint density at radius 2 is 1.76 bits per heavy atom. The Labute approximate surface area is 211 Å². The standard InChI is InChI=1S/C23H21N5O2S3.ClH/c1-14-12-13-24-22(25-14)28-33(29,30)16-10-8-15(9-11-16)26-21-19-17-6-4-5-7-18(17)27-23(2,3)20(19)31-32-21;/h4-13,27H,1-3H3,(H,24,25,28);1H. The van der Waals surface area contributed by atoms with Crippen LogP contribution in [0.25, 0.3) is 11.1 Å². The van der Waals surface area contributed by atoms with E-state index in [2.05, 4.69) is 46.0 Å². The van der Waals surface area contributed by atoms with Gasteiger partial charge in [-0.25, -0.2) is 28.1 Å². The summed E-state index contributed by atoms with van der Waals surface area (Å²) in [6.07, 6.45) is 1.51. The highest BCUT2D eigenvalue weighted by molar-refractivity contribution is 7.92. The van der Waals surface area contributed by atoms with Crippen molar-refractivity contribution in [3.8, 4) is 11.1 Å². The predicted octanol–water partition coefficient (Wildman–Crippen LogP) is 5.69. The van der Waals surface area contributed by atoms with Gasteiger partial charge < -0.3 is 5.32 Å². The van der Waals surface area contributed by atoms with Crippen molar-refractivity contribution in [1.29, 1.82) is 0 Å². The molecule has 0 atom stereocenters. The van der Waals surface area contributed by atoms with Crippen molar-refractivity contribution in [3.05, 3.63) is 76.0 Å². The Hall–Kier alpha value is -2.79. The summed E-state index contributed by atoms with van der Waals surface area (Å²) in [5.74, 6) is 0.0466. The van der Waals surface area contributed by atoms with Crippen LogP contribution >= 0.6 is 33.1 Å². The van der Waals surface area contributed by atoms with Crippen LogP contribution in [0.4, 0.5) is 17.3 Å². The third kappa shape index (κ3) is 4.58. The fraction of sp³-hybridized carbons (Fsp3) is 0.174. The first-order valence-electron chi connectivity index (χ1n) is 10.2. The average molecular weight is 532 g/mol. The van der Waals surface area contributed by atoms with Crippen LogP contribution in [0.1, 0.15) is 24.4 Å². The second-order valence-electron chi connectivity index (χ2n) is 8.20. The fourth-order valence-electron chi connectivity index (χ4n) is 3.69. The highest BCUT2D eigenvalue weighted by atomic mass is 35.5. The van der Waals surface area contributed by atoms with Gasteiger partial charge in [0.25, 0.3) is 10.0 Å². The van der Waals surface area contributed by atoms with Gasteiger partial charge in [-0.05, 0) is 57.2 Å². The minimum absolute atomic E-state index is 0. The van der Waals surface area contributed by atoms with E-state index in [1.165, 1.54) is 11.1 Å². The molecule has 0 amide bonds. The fourth-order valence-corrected chi connectivity index (χ4v) is 7.58. The molecule has 0 spiro atoms. The molecule has 4 aromatic rings. The molecule has 34 heavy (non-hydrogen) atoms. The summed E-state index contributed by atoms with van der Waals surface area (Å²) in [6, 6.07) is 16.4. The quantitative estimate of drug-likeness (QED) is 0.330. The summed E-state index contributed by atoms with van der Waals surface area (Å²) in [5, 5.41) is 3.61. The van der Waals surface area contributed by atoms with E-state index in [9.17, 15) is 8.42 Å². The van der Waals surface area contributed by atoms with E-state index >= 15 is 0 Å². The lowest BCUT2D eigenvalue weighted by molar-refractivity contribution is 0.601. The molecule has 1 aliphatic heterocycles. The van der Waals surface area contributed by atoms with Gasteiger partial charge in [-0.1, -0.05) is 38.9 Å². The third-order valence-electron chi connectivity index (χ3n) is 5.25. The zero-order chi connectivity index (χ0) is 23.2. The summed E-state index contributed by atoms with van der Waals surface area (Å²) in [7, 11) is -0.455. The van der Waals surface area contributed by atoms with Crippen LogP contribution in [0, 0.1) is 6.92 Å². The first kappa shape index (κ1) is 24.3. The van der Waals surface area contributed by atoms with Gasteiger partial charge in [0.1, 0.15) is 4.67 Å². The second-order valence-corrected chi connectivity index (χ2v) is 12.0. The molecule has 0 fully saturated rings. The normalized spacial score (nSPS) is 14.4. The van der Waals surface area contributed by atoms with Gasteiger partial charge in [0.2, 0.25) is 5.95 Å². The Morgan fingerprint density at radius 1 is 1.03 bits per heavy atom. The van der Waals surface area contributed by atoms with Crippen molar-refractivity contribution in [3.63, 3.8) is 0 Å². The highest BCUT2D eigenvalue weighted by Gasteiger charge is 2.33. The topological polar surface area (TPSA) is 96.3 Å². The first-order chi connectivity index (χ1) is 15.7. The SMILES string of the molecule is Cc1ccnc(NS(=O)(=O)c2ccc(N=c3ssc4c3-c3ccccc3NC4(C)C)cc2)n1.Cl. The van der Waals surface area contributed by atoms with Gasteiger partial charge in [0.15, 0.2) is 0 Å². The van der Waals surface area contributed by atoms with Crippen molar-refractivity contribution in [1.82, 2.24) is 9.97 Å². The van der Waals surface area contributed by atoms with E-state index in [0.717, 1.165) is 21.5 Å². The van der Waals surface area contributed by atoms with Crippen LogP contribution in [-0.4, -0.2) is 18.4 Å². The number of para-hydroxylation sites is 1. The van der Waals surface area contributed by atoms with Crippen LogP contribution < -0.4 is 14.7 Å². The molecule has 0 saturated carbocycles. The molecule has 0 saturated heterocycles. The summed E-state index contributed by atoms with van der Waals surface area (Å²) in [4.78, 5) is 14.3. The van der Waals surface area contributed by atoms with E-state index in [1.807, 2.05) is 12.1 Å². The molecule has 2 aromatic heterocycles. The van der Waals surface area contributed by atoms with Crippen molar-refractivity contribution in [2.45, 2.75) is 31.2 Å².